The third-order valence-electron chi connectivity index (χ3n) is 2.66. The van der Waals surface area contributed by atoms with Crippen molar-refractivity contribution in [1.82, 2.24) is 10.3 Å². The van der Waals surface area contributed by atoms with Crippen molar-refractivity contribution in [3.63, 3.8) is 0 Å². The van der Waals surface area contributed by atoms with Crippen LogP contribution in [0.3, 0.4) is 0 Å². The van der Waals surface area contributed by atoms with Crippen LogP contribution >= 0.6 is 11.3 Å². The average molecular weight is 279 g/mol. The van der Waals surface area contributed by atoms with Crippen molar-refractivity contribution in [2.45, 2.75) is 39.4 Å². The summed E-state index contributed by atoms with van der Waals surface area (Å²) >= 11 is 1.73. The third-order valence-corrected chi connectivity index (χ3v) is 3.77. The molecule has 0 aliphatic carbocycles. The molecule has 0 aromatic carbocycles. The van der Waals surface area contributed by atoms with E-state index in [2.05, 4.69) is 36.0 Å². The Kier molecular flexibility index (Phi) is 4.27. The van der Waals surface area contributed by atoms with Crippen molar-refractivity contribution < 1.29 is 4.42 Å². The first-order valence-corrected chi connectivity index (χ1v) is 7.18. The number of hydrogen-bond acceptors (Lipinski definition) is 5. The van der Waals surface area contributed by atoms with Gasteiger partial charge >= 0.3 is 0 Å². The summed E-state index contributed by atoms with van der Waals surface area (Å²) in [5.41, 5.74) is 1.29. The Bertz CT molecular complexity index is 499. The maximum absolute atomic E-state index is 5.08. The minimum atomic E-state index is 0.132. The highest BCUT2D eigenvalue weighted by Crippen LogP contribution is 2.23. The van der Waals surface area contributed by atoms with Crippen LogP contribution in [0.5, 0.6) is 0 Å². The summed E-state index contributed by atoms with van der Waals surface area (Å²) in [7, 11) is 2.05. The van der Waals surface area contributed by atoms with Gasteiger partial charge in [0, 0.05) is 42.3 Å². The van der Waals surface area contributed by atoms with E-state index in [9.17, 15) is 0 Å². The lowest BCUT2D eigenvalue weighted by Crippen LogP contribution is -2.34. The first-order valence-electron chi connectivity index (χ1n) is 6.36. The second-order valence-corrected chi connectivity index (χ2v) is 6.79. The summed E-state index contributed by atoms with van der Waals surface area (Å²) in [6.07, 6.45) is 5.42. The molecule has 0 atom stereocenters. The predicted molar refractivity (Wildman–Crippen MR) is 79.5 cm³/mol. The van der Waals surface area contributed by atoms with Crippen LogP contribution in [0.15, 0.2) is 29.2 Å². The fourth-order valence-electron chi connectivity index (χ4n) is 1.63. The van der Waals surface area contributed by atoms with Gasteiger partial charge in [-0.25, -0.2) is 4.98 Å². The van der Waals surface area contributed by atoms with Crippen LogP contribution < -0.4 is 10.2 Å². The maximum Gasteiger partial charge on any atom is 0.185 e. The molecule has 104 valence electrons. The first-order chi connectivity index (χ1) is 8.94. The highest BCUT2D eigenvalue weighted by Gasteiger charge is 2.12. The van der Waals surface area contributed by atoms with Crippen LogP contribution in [0.1, 0.15) is 31.2 Å². The van der Waals surface area contributed by atoms with Crippen molar-refractivity contribution in [2.24, 2.45) is 0 Å². The smallest absolute Gasteiger partial charge is 0.185 e. The molecule has 2 rings (SSSR count). The largest absolute Gasteiger partial charge is 0.472 e. The number of aromatic nitrogens is 1. The molecular formula is C14H21N3OS. The molecule has 0 saturated heterocycles. The number of thiazole rings is 1. The lowest BCUT2D eigenvalue weighted by atomic mass is 10.1. The van der Waals surface area contributed by atoms with Gasteiger partial charge in [-0.2, -0.15) is 0 Å². The topological polar surface area (TPSA) is 41.3 Å². The van der Waals surface area contributed by atoms with E-state index in [4.69, 9.17) is 4.42 Å². The van der Waals surface area contributed by atoms with Crippen LogP contribution in [0.25, 0.3) is 0 Å². The summed E-state index contributed by atoms with van der Waals surface area (Å²) in [4.78, 5) is 7.86. The Balaban J connectivity index is 1.92. The molecule has 0 spiro atoms. The van der Waals surface area contributed by atoms with E-state index < -0.39 is 0 Å². The Morgan fingerprint density at radius 1 is 1.42 bits per heavy atom. The molecule has 1 N–H and O–H groups in total. The minimum absolute atomic E-state index is 0.132. The van der Waals surface area contributed by atoms with Crippen LogP contribution in [-0.4, -0.2) is 17.6 Å². The number of rotatable bonds is 5. The van der Waals surface area contributed by atoms with Gasteiger partial charge in [-0.1, -0.05) is 0 Å². The predicted octanol–water partition coefficient (Wildman–Crippen LogP) is 3.26. The molecule has 5 heteroatoms. The van der Waals surface area contributed by atoms with E-state index in [1.54, 1.807) is 23.9 Å². The van der Waals surface area contributed by atoms with Crippen LogP contribution in [0.2, 0.25) is 0 Å². The summed E-state index contributed by atoms with van der Waals surface area (Å²) in [5.74, 6) is 0. The Labute approximate surface area is 118 Å². The SMILES string of the molecule is CN(Cc1ccoc1)c1ncc(CNC(C)(C)C)s1. The molecule has 2 aromatic rings. The Hall–Kier alpha value is -1.33. The van der Waals surface area contributed by atoms with E-state index in [1.807, 2.05) is 19.3 Å². The van der Waals surface area contributed by atoms with Crippen LogP contribution in [0, 0.1) is 0 Å². The van der Waals surface area contributed by atoms with Gasteiger partial charge in [0.25, 0.3) is 0 Å². The number of nitrogens with one attached hydrogen (secondary N) is 1. The zero-order valence-electron chi connectivity index (χ0n) is 11.9. The lowest BCUT2D eigenvalue weighted by Gasteiger charge is -2.19. The third kappa shape index (κ3) is 4.36. The highest BCUT2D eigenvalue weighted by atomic mass is 32.1. The fourth-order valence-corrected chi connectivity index (χ4v) is 2.44. The van der Waals surface area contributed by atoms with Crippen molar-refractivity contribution in [3.05, 3.63) is 35.2 Å². The molecule has 4 nitrogen and oxygen atoms in total. The molecule has 0 saturated carbocycles. The first kappa shape index (κ1) is 14.1. The maximum atomic E-state index is 5.08. The van der Waals surface area contributed by atoms with Crippen molar-refractivity contribution in [1.29, 1.82) is 0 Å². The average Bonchev–Trinajstić information content (AvgIpc) is 2.95. The van der Waals surface area contributed by atoms with Gasteiger partial charge in [0.05, 0.1) is 12.5 Å². The van der Waals surface area contributed by atoms with E-state index in [0.717, 1.165) is 23.8 Å². The zero-order valence-corrected chi connectivity index (χ0v) is 12.8. The van der Waals surface area contributed by atoms with Gasteiger partial charge < -0.3 is 14.6 Å². The second kappa shape index (κ2) is 5.75. The molecule has 0 amide bonds. The summed E-state index contributed by atoms with van der Waals surface area (Å²) < 4.78 is 5.08. The van der Waals surface area contributed by atoms with Crippen LogP contribution in [0.4, 0.5) is 5.13 Å². The Morgan fingerprint density at radius 2 is 2.21 bits per heavy atom. The Morgan fingerprint density at radius 3 is 2.84 bits per heavy atom. The quantitative estimate of drug-likeness (QED) is 0.912. The van der Waals surface area contributed by atoms with Crippen molar-refractivity contribution >= 4 is 16.5 Å². The minimum Gasteiger partial charge on any atom is -0.472 e. The van der Waals surface area contributed by atoms with E-state index in [1.165, 1.54) is 4.88 Å². The van der Waals surface area contributed by atoms with E-state index in [0.29, 0.717) is 0 Å². The van der Waals surface area contributed by atoms with Gasteiger partial charge in [0.15, 0.2) is 5.13 Å². The molecule has 19 heavy (non-hydrogen) atoms. The summed E-state index contributed by atoms with van der Waals surface area (Å²) in [5, 5.41) is 4.51. The standard InChI is InChI=1S/C14H21N3OS/c1-14(2,3)16-8-12-7-15-13(19-12)17(4)9-11-5-6-18-10-11/h5-7,10,16H,8-9H2,1-4H3. The normalized spacial score (nSPS) is 11.8. The van der Waals surface area contributed by atoms with Gasteiger partial charge in [-0.05, 0) is 26.8 Å². The summed E-state index contributed by atoms with van der Waals surface area (Å²) in [6.45, 7) is 8.18. The molecule has 0 radical (unpaired) electrons. The molecule has 0 unspecified atom stereocenters. The number of anilines is 1. The van der Waals surface area contributed by atoms with Gasteiger partial charge in [-0.3, -0.25) is 0 Å². The van der Waals surface area contributed by atoms with Crippen molar-refractivity contribution in [3.8, 4) is 0 Å². The fraction of sp³-hybridized carbons (Fsp3) is 0.500. The zero-order chi connectivity index (χ0) is 13.9. The van der Waals surface area contributed by atoms with E-state index >= 15 is 0 Å². The molecular weight excluding hydrogens is 258 g/mol. The number of nitrogens with zero attached hydrogens (tertiary/aromatic N) is 2. The monoisotopic (exact) mass is 279 g/mol. The van der Waals surface area contributed by atoms with Gasteiger partial charge in [0.2, 0.25) is 0 Å². The van der Waals surface area contributed by atoms with E-state index in [-0.39, 0.29) is 5.54 Å². The number of hydrogen-bond donors (Lipinski definition) is 1. The number of furan rings is 1. The molecule has 0 fully saturated rings. The highest BCUT2D eigenvalue weighted by molar-refractivity contribution is 7.15. The molecule has 0 aliphatic heterocycles. The molecule has 2 aromatic heterocycles. The lowest BCUT2D eigenvalue weighted by molar-refractivity contribution is 0.426. The summed E-state index contributed by atoms with van der Waals surface area (Å²) in [6, 6.07) is 1.98. The van der Waals surface area contributed by atoms with Gasteiger partial charge in [-0.15, -0.1) is 11.3 Å². The van der Waals surface area contributed by atoms with Crippen molar-refractivity contribution in [2.75, 3.05) is 11.9 Å². The van der Waals surface area contributed by atoms with Crippen LogP contribution in [-0.2, 0) is 13.1 Å². The molecule has 0 bridgehead atoms. The van der Waals surface area contributed by atoms with Gasteiger partial charge in [0.1, 0.15) is 0 Å². The second-order valence-electron chi connectivity index (χ2n) is 5.70. The molecule has 0 aliphatic rings. The molecule has 2 heterocycles.